The summed E-state index contributed by atoms with van der Waals surface area (Å²) in [6, 6.07) is 50.5. The fourth-order valence-corrected chi connectivity index (χ4v) is 5.96. The molecule has 42 heavy (non-hydrogen) atoms. The van der Waals surface area contributed by atoms with Crippen LogP contribution < -0.4 is 0 Å². The van der Waals surface area contributed by atoms with E-state index in [1.54, 1.807) is 6.20 Å². The van der Waals surface area contributed by atoms with E-state index in [0.717, 1.165) is 27.9 Å². The molecule has 0 atom stereocenters. The molecule has 3 nitrogen and oxygen atoms in total. The largest absolute Gasteiger partial charge is 0.348 e. The van der Waals surface area contributed by atoms with Crippen LogP contribution in [-0.2, 0) is 20.1 Å². The second kappa shape index (κ2) is 10.8. The van der Waals surface area contributed by atoms with Crippen LogP contribution >= 0.6 is 0 Å². The summed E-state index contributed by atoms with van der Waals surface area (Å²) in [6.07, 6.45) is 3.64. The third-order valence-electron chi connectivity index (χ3n) is 7.70. The molecule has 4 heteroatoms. The Hall–Kier alpha value is -4.89. The Balaban J connectivity index is 0.000000188. The number of nitrogens with zero attached hydrogens (tertiary/aromatic N) is 3. The van der Waals surface area contributed by atoms with E-state index in [1.807, 2.05) is 60.8 Å². The van der Waals surface area contributed by atoms with Gasteiger partial charge in [-0.05, 0) is 29.4 Å². The van der Waals surface area contributed by atoms with Gasteiger partial charge >= 0.3 is 0 Å². The van der Waals surface area contributed by atoms with E-state index in [-0.39, 0.29) is 20.1 Å². The molecule has 0 bridgehead atoms. The van der Waals surface area contributed by atoms with Crippen LogP contribution in [0.25, 0.3) is 71.4 Å². The molecule has 5 aromatic carbocycles. The Morgan fingerprint density at radius 2 is 1.12 bits per heavy atom. The second-order valence-corrected chi connectivity index (χ2v) is 10.0. The number of hydrogen-bond donors (Lipinski definition) is 0. The summed E-state index contributed by atoms with van der Waals surface area (Å²) in [4.78, 5) is 8.84. The van der Waals surface area contributed by atoms with Crippen molar-refractivity contribution in [3.05, 3.63) is 152 Å². The van der Waals surface area contributed by atoms with E-state index in [0.29, 0.717) is 0 Å². The SMILES string of the molecule is [Ir].[c-]1c(-c2ccccn2)c2ccccc2c2c1c1cccc3c4ccccc4n2c13.[c-]1ccccc1-c1ccccn1. The van der Waals surface area contributed by atoms with Crippen molar-refractivity contribution < 1.29 is 20.1 Å². The summed E-state index contributed by atoms with van der Waals surface area (Å²) >= 11 is 0. The van der Waals surface area contributed by atoms with Crippen molar-refractivity contribution in [3.8, 4) is 22.5 Å². The summed E-state index contributed by atoms with van der Waals surface area (Å²) in [7, 11) is 0. The molecule has 1 radical (unpaired) electrons. The van der Waals surface area contributed by atoms with Crippen LogP contribution in [0, 0.1) is 12.1 Å². The van der Waals surface area contributed by atoms with Gasteiger partial charge in [-0.2, -0.15) is 0 Å². The van der Waals surface area contributed by atoms with Crippen LogP contribution in [0.2, 0.25) is 0 Å². The van der Waals surface area contributed by atoms with Crippen molar-refractivity contribution in [1.29, 1.82) is 0 Å². The minimum Gasteiger partial charge on any atom is -0.348 e. The van der Waals surface area contributed by atoms with Crippen molar-refractivity contribution in [2.45, 2.75) is 0 Å². The number of fused-ring (bicyclic) bond motifs is 8. The number of rotatable bonds is 2. The molecule has 0 fully saturated rings. The Kier molecular flexibility index (Phi) is 6.71. The van der Waals surface area contributed by atoms with Crippen LogP contribution in [0.3, 0.4) is 0 Å². The Morgan fingerprint density at radius 1 is 0.500 bits per heavy atom. The van der Waals surface area contributed by atoms with E-state index in [9.17, 15) is 0 Å². The standard InChI is InChI=1S/C27H15N2.C11H8N.Ir/c1-2-10-19-17(8-1)22(24-13-5-6-15-28-24)16-23-21-12-7-11-20-18-9-3-4-14-25(18)29(26(20)21)27(19)23;1-2-6-10(7-3-1)11-8-4-5-9-12-11;/h1-15H;1-6,8-9H;/q2*-1;. The smallest absolute Gasteiger partial charge is 0.0464 e. The van der Waals surface area contributed by atoms with Crippen LogP contribution in [0.15, 0.2) is 140 Å². The van der Waals surface area contributed by atoms with E-state index >= 15 is 0 Å². The first kappa shape index (κ1) is 26.0. The van der Waals surface area contributed by atoms with Gasteiger partial charge in [0.15, 0.2) is 0 Å². The van der Waals surface area contributed by atoms with E-state index in [1.165, 1.54) is 43.5 Å². The van der Waals surface area contributed by atoms with Crippen molar-refractivity contribution >= 4 is 48.9 Å². The van der Waals surface area contributed by atoms with Crippen LogP contribution in [0.1, 0.15) is 0 Å². The van der Waals surface area contributed by atoms with Crippen molar-refractivity contribution in [2.75, 3.05) is 0 Å². The van der Waals surface area contributed by atoms with Crippen LogP contribution in [-0.4, -0.2) is 14.4 Å². The minimum atomic E-state index is 0. The average molecular weight is 714 g/mol. The fraction of sp³-hybridized carbons (Fsp3) is 0. The number of aromatic nitrogens is 3. The second-order valence-electron chi connectivity index (χ2n) is 10.0. The summed E-state index contributed by atoms with van der Waals surface area (Å²) in [5.74, 6) is 0. The zero-order chi connectivity index (χ0) is 27.2. The number of pyridine rings is 2. The molecule has 0 saturated heterocycles. The van der Waals surface area contributed by atoms with Crippen molar-refractivity contribution in [1.82, 2.24) is 14.4 Å². The number of hydrogen-bond acceptors (Lipinski definition) is 2. The van der Waals surface area contributed by atoms with Gasteiger partial charge in [0.1, 0.15) is 0 Å². The third-order valence-corrected chi connectivity index (χ3v) is 7.70. The molecule has 0 N–H and O–H groups in total. The Labute approximate surface area is 256 Å². The predicted molar refractivity (Wildman–Crippen MR) is 169 cm³/mol. The maximum absolute atomic E-state index is 4.62. The zero-order valence-electron chi connectivity index (χ0n) is 22.5. The summed E-state index contributed by atoms with van der Waals surface area (Å²) in [5, 5.41) is 7.43. The van der Waals surface area contributed by atoms with E-state index in [2.05, 4.69) is 99.3 Å². The van der Waals surface area contributed by atoms with Gasteiger partial charge in [-0.1, -0.05) is 112 Å². The molecule has 4 heterocycles. The van der Waals surface area contributed by atoms with Gasteiger partial charge in [0.05, 0.1) is 0 Å². The summed E-state index contributed by atoms with van der Waals surface area (Å²) < 4.78 is 2.43. The molecular formula is C38H23IrN3-2. The van der Waals surface area contributed by atoms with Gasteiger partial charge in [-0.25, -0.2) is 0 Å². The van der Waals surface area contributed by atoms with Gasteiger partial charge in [-0.3, -0.25) is 4.98 Å². The third kappa shape index (κ3) is 4.16. The van der Waals surface area contributed by atoms with Gasteiger partial charge < -0.3 is 9.38 Å². The maximum Gasteiger partial charge on any atom is 0.0464 e. The number of benzene rings is 5. The molecule has 0 amide bonds. The van der Waals surface area contributed by atoms with Crippen LogP contribution in [0.4, 0.5) is 0 Å². The molecular weight excluding hydrogens is 691 g/mol. The van der Waals surface area contributed by atoms with E-state index < -0.39 is 0 Å². The zero-order valence-corrected chi connectivity index (χ0v) is 24.8. The fourth-order valence-electron chi connectivity index (χ4n) is 5.96. The summed E-state index contributed by atoms with van der Waals surface area (Å²) in [5.41, 5.74) is 7.79. The maximum atomic E-state index is 4.62. The topological polar surface area (TPSA) is 30.2 Å². The van der Waals surface area contributed by atoms with Gasteiger partial charge in [0.2, 0.25) is 0 Å². The predicted octanol–water partition coefficient (Wildman–Crippen LogP) is 9.40. The minimum absolute atomic E-state index is 0. The van der Waals surface area contributed by atoms with Gasteiger partial charge in [0.25, 0.3) is 0 Å². The molecule has 0 aliphatic rings. The Morgan fingerprint density at radius 3 is 1.86 bits per heavy atom. The van der Waals surface area contributed by atoms with Crippen LogP contribution in [0.5, 0.6) is 0 Å². The first-order valence-electron chi connectivity index (χ1n) is 13.7. The van der Waals surface area contributed by atoms with Gasteiger partial charge in [-0.15, -0.1) is 42.0 Å². The quantitative estimate of drug-likeness (QED) is 0.167. The Bertz CT molecular complexity index is 2260. The molecule has 9 rings (SSSR count). The number of para-hydroxylation sites is 2. The van der Waals surface area contributed by atoms with Gasteiger partial charge in [0, 0.05) is 60.0 Å². The molecule has 0 aliphatic heterocycles. The summed E-state index contributed by atoms with van der Waals surface area (Å²) in [6.45, 7) is 0. The first-order valence-corrected chi connectivity index (χ1v) is 13.7. The van der Waals surface area contributed by atoms with Crippen molar-refractivity contribution in [2.24, 2.45) is 0 Å². The molecule has 9 aromatic rings. The average Bonchev–Trinajstić information content (AvgIpc) is 3.58. The first-order chi connectivity index (χ1) is 20.4. The molecule has 0 unspecified atom stereocenters. The molecule has 201 valence electrons. The molecule has 0 saturated carbocycles. The monoisotopic (exact) mass is 714 g/mol. The normalized spacial score (nSPS) is 11.1. The molecule has 0 spiro atoms. The van der Waals surface area contributed by atoms with E-state index in [4.69, 9.17) is 0 Å². The molecule has 4 aromatic heterocycles. The van der Waals surface area contributed by atoms with Crippen molar-refractivity contribution in [3.63, 3.8) is 0 Å². The molecule has 0 aliphatic carbocycles.